The number of benzene rings is 2. The summed E-state index contributed by atoms with van der Waals surface area (Å²) in [7, 11) is 1.59. The quantitative estimate of drug-likeness (QED) is 0.571. The molecule has 0 atom stereocenters. The maximum atomic E-state index is 13.6. The average molecular weight is 410 g/mol. The summed E-state index contributed by atoms with van der Waals surface area (Å²) >= 11 is 0. The summed E-state index contributed by atoms with van der Waals surface area (Å²) in [6.07, 6.45) is 1.64. The Hall–Kier alpha value is -2.70. The molecule has 3 rings (SSSR count). The number of hydrogen-bond acceptors (Lipinski definition) is 4. The zero-order valence-electron chi connectivity index (χ0n) is 18.5. The molecule has 3 aromatic rings. The van der Waals surface area contributed by atoms with Crippen molar-refractivity contribution in [1.82, 2.24) is 9.55 Å². The first-order chi connectivity index (χ1) is 14.3. The number of aliphatic hydroxyl groups is 1. The third kappa shape index (κ3) is 4.25. The van der Waals surface area contributed by atoms with Crippen LogP contribution in [0.5, 0.6) is 0 Å². The van der Waals surface area contributed by atoms with Gasteiger partial charge in [0.25, 0.3) is 0 Å². The van der Waals surface area contributed by atoms with Gasteiger partial charge in [-0.05, 0) is 49.9 Å². The first kappa shape index (κ1) is 22.0. The highest BCUT2D eigenvalue weighted by atomic mass is 16.5. The number of para-hydroxylation sites is 3. The topological polar surface area (TPSA) is 67.6 Å². The Balaban J connectivity index is 2.08. The van der Waals surface area contributed by atoms with Crippen LogP contribution in [-0.2, 0) is 34.5 Å². The molecule has 0 aliphatic rings. The Morgan fingerprint density at radius 2 is 1.73 bits per heavy atom. The van der Waals surface area contributed by atoms with Crippen LogP contribution in [0.25, 0.3) is 11.0 Å². The minimum Gasteiger partial charge on any atom is -0.383 e. The minimum absolute atomic E-state index is 0.0599. The number of amides is 1. The number of aryl methyl sites for hydroxylation is 2. The number of hydrogen-bond donors (Lipinski definition) is 1. The van der Waals surface area contributed by atoms with Gasteiger partial charge in [0.15, 0.2) is 0 Å². The van der Waals surface area contributed by atoms with E-state index in [4.69, 9.17) is 4.74 Å². The van der Waals surface area contributed by atoms with Crippen LogP contribution in [0.3, 0.4) is 0 Å². The molecule has 0 radical (unpaired) electrons. The predicted octanol–water partition coefficient (Wildman–Crippen LogP) is 4.03. The molecule has 0 saturated heterocycles. The van der Waals surface area contributed by atoms with Gasteiger partial charge in [-0.15, -0.1) is 0 Å². The highest BCUT2D eigenvalue weighted by Crippen LogP contribution is 2.29. The molecule has 0 aliphatic heterocycles. The van der Waals surface area contributed by atoms with E-state index in [0.29, 0.717) is 5.82 Å². The zero-order chi connectivity index (χ0) is 21.9. The van der Waals surface area contributed by atoms with Crippen LogP contribution in [0, 0.1) is 0 Å². The van der Waals surface area contributed by atoms with Crippen LogP contribution in [0.4, 0.5) is 5.69 Å². The van der Waals surface area contributed by atoms with Crippen LogP contribution < -0.4 is 4.90 Å². The van der Waals surface area contributed by atoms with Gasteiger partial charge in [-0.1, -0.05) is 44.2 Å². The molecule has 1 amide bonds. The zero-order valence-corrected chi connectivity index (χ0v) is 18.5. The number of carbonyl (C=O) groups excluding carboxylic acids is 1. The van der Waals surface area contributed by atoms with Gasteiger partial charge in [0, 0.05) is 7.11 Å². The van der Waals surface area contributed by atoms with E-state index in [1.807, 2.05) is 30.3 Å². The third-order valence-corrected chi connectivity index (χ3v) is 5.29. The molecule has 2 aromatic carbocycles. The molecule has 1 N–H and O–H groups in total. The van der Waals surface area contributed by atoms with E-state index in [2.05, 4.69) is 31.0 Å². The Bertz CT molecular complexity index is 1010. The first-order valence-electron chi connectivity index (χ1n) is 10.4. The van der Waals surface area contributed by atoms with Crippen LogP contribution in [0.1, 0.15) is 44.6 Å². The highest BCUT2D eigenvalue weighted by molar-refractivity contribution is 5.95. The monoisotopic (exact) mass is 409 g/mol. The molecule has 0 saturated carbocycles. The van der Waals surface area contributed by atoms with Gasteiger partial charge in [0.2, 0.25) is 5.91 Å². The van der Waals surface area contributed by atoms with Gasteiger partial charge in [0.1, 0.15) is 24.7 Å². The lowest BCUT2D eigenvalue weighted by molar-refractivity contribution is -0.120. The van der Waals surface area contributed by atoms with Crippen molar-refractivity contribution in [1.29, 1.82) is 0 Å². The normalized spacial score (nSPS) is 11.8. The summed E-state index contributed by atoms with van der Waals surface area (Å²) in [5, 5.41) is 10.7. The molecule has 6 nitrogen and oxygen atoms in total. The van der Waals surface area contributed by atoms with Gasteiger partial charge in [0.05, 0.1) is 16.7 Å². The summed E-state index contributed by atoms with van der Waals surface area (Å²) in [6, 6.07) is 13.8. The fraction of sp³-hybridized carbons (Fsp3) is 0.417. The number of methoxy groups -OCH3 is 1. The lowest BCUT2D eigenvalue weighted by Gasteiger charge is -2.28. The molecule has 0 spiro atoms. The van der Waals surface area contributed by atoms with E-state index in [9.17, 15) is 9.90 Å². The number of nitrogens with zero attached hydrogens (tertiary/aromatic N) is 3. The number of fused-ring (bicyclic) bond motifs is 1. The minimum atomic E-state index is -1.18. The number of ether oxygens (including phenoxy) is 1. The summed E-state index contributed by atoms with van der Waals surface area (Å²) in [5.41, 5.74) is 3.53. The summed E-state index contributed by atoms with van der Waals surface area (Å²) < 4.78 is 7.22. The molecule has 30 heavy (non-hydrogen) atoms. The predicted molar refractivity (Wildman–Crippen MR) is 120 cm³/mol. The Morgan fingerprint density at radius 1 is 1.10 bits per heavy atom. The lowest BCUT2D eigenvalue weighted by Crippen LogP contribution is -2.38. The van der Waals surface area contributed by atoms with Crippen molar-refractivity contribution in [3.05, 3.63) is 59.4 Å². The number of rotatable bonds is 8. The number of imidazole rings is 1. The van der Waals surface area contributed by atoms with Crippen molar-refractivity contribution in [3.63, 3.8) is 0 Å². The van der Waals surface area contributed by atoms with Gasteiger partial charge < -0.3 is 14.4 Å². The molecule has 0 unspecified atom stereocenters. The van der Waals surface area contributed by atoms with Crippen molar-refractivity contribution in [2.24, 2.45) is 0 Å². The molecule has 0 fully saturated rings. The van der Waals surface area contributed by atoms with Crippen molar-refractivity contribution in [2.45, 2.75) is 52.7 Å². The Morgan fingerprint density at radius 3 is 2.30 bits per heavy atom. The molecule has 1 aromatic heterocycles. The number of carbonyl (C=O) groups is 1. The molecule has 160 valence electrons. The van der Waals surface area contributed by atoms with Crippen molar-refractivity contribution < 1.29 is 14.6 Å². The van der Waals surface area contributed by atoms with E-state index < -0.39 is 5.60 Å². The molecule has 0 aliphatic carbocycles. The second kappa shape index (κ2) is 8.98. The van der Waals surface area contributed by atoms with E-state index in [0.717, 1.165) is 40.7 Å². The molecule has 1 heterocycles. The van der Waals surface area contributed by atoms with E-state index >= 15 is 0 Å². The maximum Gasteiger partial charge on any atom is 0.248 e. The van der Waals surface area contributed by atoms with Crippen molar-refractivity contribution in [2.75, 3.05) is 18.7 Å². The van der Waals surface area contributed by atoms with Crippen molar-refractivity contribution >= 4 is 22.6 Å². The third-order valence-electron chi connectivity index (χ3n) is 5.29. The van der Waals surface area contributed by atoms with Crippen molar-refractivity contribution in [3.8, 4) is 0 Å². The summed E-state index contributed by atoms with van der Waals surface area (Å²) in [4.78, 5) is 19.9. The van der Waals surface area contributed by atoms with Gasteiger partial charge in [-0.25, -0.2) is 4.98 Å². The Labute approximate surface area is 178 Å². The standard InChI is InChI=1S/C24H31N3O3/c1-6-17-11-10-12-18(7-2)22(17)27(16-30-5)21(28)15-26-20-14-9-8-13-19(20)25-23(26)24(3,4)29/h8-14,29H,6-7,15-16H2,1-5H3. The molecule has 0 bridgehead atoms. The smallest absolute Gasteiger partial charge is 0.248 e. The SMILES string of the molecule is CCc1cccc(CC)c1N(COC)C(=O)Cn1c(C(C)(C)O)nc2ccccc21. The van der Waals surface area contributed by atoms with Crippen LogP contribution in [-0.4, -0.2) is 34.4 Å². The summed E-state index contributed by atoms with van der Waals surface area (Å²) in [5.74, 6) is 0.356. The lowest BCUT2D eigenvalue weighted by atomic mass is 10.0. The van der Waals surface area contributed by atoms with Gasteiger partial charge in [-0.2, -0.15) is 0 Å². The number of aromatic nitrogens is 2. The Kier molecular flexibility index (Phi) is 6.58. The second-order valence-electron chi connectivity index (χ2n) is 7.94. The second-order valence-corrected chi connectivity index (χ2v) is 7.94. The fourth-order valence-electron chi connectivity index (χ4n) is 3.88. The van der Waals surface area contributed by atoms with Gasteiger partial charge >= 0.3 is 0 Å². The maximum absolute atomic E-state index is 13.6. The highest BCUT2D eigenvalue weighted by Gasteiger charge is 2.28. The average Bonchev–Trinajstić information content (AvgIpc) is 3.10. The molecular formula is C24H31N3O3. The first-order valence-corrected chi connectivity index (χ1v) is 10.4. The number of anilines is 1. The molecule has 6 heteroatoms. The van der Waals surface area contributed by atoms with Gasteiger partial charge in [-0.3, -0.25) is 9.69 Å². The van der Waals surface area contributed by atoms with Crippen LogP contribution in [0.15, 0.2) is 42.5 Å². The van der Waals surface area contributed by atoms with E-state index in [-0.39, 0.29) is 19.2 Å². The molecular weight excluding hydrogens is 378 g/mol. The van der Waals surface area contributed by atoms with Crippen LogP contribution in [0.2, 0.25) is 0 Å². The largest absolute Gasteiger partial charge is 0.383 e. The summed E-state index contributed by atoms with van der Waals surface area (Å²) in [6.45, 7) is 7.76. The van der Waals surface area contributed by atoms with Crippen LogP contribution >= 0.6 is 0 Å². The fourth-order valence-corrected chi connectivity index (χ4v) is 3.88. The van der Waals surface area contributed by atoms with E-state index in [1.54, 1.807) is 30.4 Å². The van der Waals surface area contributed by atoms with E-state index in [1.165, 1.54) is 0 Å².